The predicted molar refractivity (Wildman–Crippen MR) is 95.8 cm³/mol. The largest absolute Gasteiger partial charge is 0.451 e. The number of carbonyl (C=O) groups excluding carboxylic acids is 1. The van der Waals surface area contributed by atoms with Crippen LogP contribution in [0.15, 0.2) is 27.1 Å². The first kappa shape index (κ1) is 16.5. The van der Waals surface area contributed by atoms with Crippen LogP contribution in [0.1, 0.15) is 35.4 Å². The molecule has 5 heteroatoms. The molecule has 4 nitrogen and oxygen atoms in total. The molecule has 0 radical (unpaired) electrons. The van der Waals surface area contributed by atoms with Gasteiger partial charge in [0.25, 0.3) is 5.91 Å². The third-order valence-corrected chi connectivity index (χ3v) is 5.29. The molecular formula is C18H23BrN2O2. The van der Waals surface area contributed by atoms with Gasteiger partial charge in [-0.2, -0.15) is 0 Å². The zero-order valence-corrected chi connectivity index (χ0v) is 15.3. The van der Waals surface area contributed by atoms with Gasteiger partial charge >= 0.3 is 0 Å². The van der Waals surface area contributed by atoms with E-state index in [0.29, 0.717) is 5.76 Å². The molecule has 124 valence electrons. The normalized spacial score (nSPS) is 16.2. The Morgan fingerprint density at radius 3 is 2.83 bits per heavy atom. The van der Waals surface area contributed by atoms with Crippen LogP contribution in [0.4, 0.5) is 0 Å². The van der Waals surface area contributed by atoms with E-state index < -0.39 is 0 Å². The second-order valence-corrected chi connectivity index (χ2v) is 7.24. The number of hydrogen-bond donors (Lipinski definition) is 1. The Hall–Kier alpha value is -1.33. The summed E-state index contributed by atoms with van der Waals surface area (Å²) in [6.07, 6.45) is 3.35. The lowest BCUT2D eigenvalue weighted by Crippen LogP contribution is -2.39. The van der Waals surface area contributed by atoms with Crippen LogP contribution in [0.5, 0.6) is 0 Å². The molecule has 0 aliphatic carbocycles. The number of halogens is 1. The highest BCUT2D eigenvalue weighted by atomic mass is 79.9. The average molecular weight is 379 g/mol. The van der Waals surface area contributed by atoms with Crippen molar-refractivity contribution >= 4 is 32.8 Å². The van der Waals surface area contributed by atoms with Gasteiger partial charge in [-0.1, -0.05) is 15.9 Å². The van der Waals surface area contributed by atoms with E-state index in [1.165, 1.54) is 6.42 Å². The quantitative estimate of drug-likeness (QED) is 0.875. The van der Waals surface area contributed by atoms with Crippen molar-refractivity contribution in [3.8, 4) is 0 Å². The monoisotopic (exact) mass is 378 g/mol. The van der Waals surface area contributed by atoms with Crippen molar-refractivity contribution in [3.05, 3.63) is 34.0 Å². The molecule has 0 atom stereocenters. The molecule has 0 spiro atoms. The summed E-state index contributed by atoms with van der Waals surface area (Å²) in [6.45, 7) is 4.67. The summed E-state index contributed by atoms with van der Waals surface area (Å²) in [7, 11) is 1.99. The Balaban J connectivity index is 1.73. The highest BCUT2D eigenvalue weighted by Gasteiger charge is 2.27. The van der Waals surface area contributed by atoms with Gasteiger partial charge in [0, 0.05) is 28.5 Å². The van der Waals surface area contributed by atoms with Crippen molar-refractivity contribution in [2.45, 2.75) is 26.2 Å². The van der Waals surface area contributed by atoms with E-state index in [1.54, 1.807) is 0 Å². The number of hydrogen-bond acceptors (Lipinski definition) is 3. The maximum absolute atomic E-state index is 12.8. The standard InChI is InChI=1S/C18H23BrN2O2/c1-12-15-11-14(19)3-4-16(15)23-17(12)18(22)21-9-6-13(7-10-21)5-8-20-2/h3-4,11,13,20H,5-10H2,1-2H3. The summed E-state index contributed by atoms with van der Waals surface area (Å²) in [5.41, 5.74) is 1.71. The lowest BCUT2D eigenvalue weighted by Gasteiger charge is -2.31. The van der Waals surface area contributed by atoms with Crippen LogP contribution in [0, 0.1) is 12.8 Å². The van der Waals surface area contributed by atoms with Gasteiger partial charge in [0.05, 0.1) is 0 Å². The summed E-state index contributed by atoms with van der Waals surface area (Å²) in [4.78, 5) is 14.7. The van der Waals surface area contributed by atoms with Gasteiger partial charge < -0.3 is 14.6 Å². The molecule has 1 aromatic heterocycles. The molecule has 0 bridgehead atoms. The zero-order chi connectivity index (χ0) is 16.4. The van der Waals surface area contributed by atoms with Gasteiger partial charge in [-0.15, -0.1) is 0 Å². The maximum atomic E-state index is 12.8. The summed E-state index contributed by atoms with van der Waals surface area (Å²) in [6, 6.07) is 5.86. The fourth-order valence-corrected chi connectivity index (χ4v) is 3.68. The molecule has 1 aromatic carbocycles. The number of nitrogens with one attached hydrogen (secondary N) is 1. The van der Waals surface area contributed by atoms with Crippen LogP contribution in [0.3, 0.4) is 0 Å². The van der Waals surface area contributed by atoms with Crippen LogP contribution in [-0.4, -0.2) is 37.5 Å². The Labute approximate surface area is 145 Å². The Bertz CT molecular complexity index is 702. The number of nitrogens with zero attached hydrogens (tertiary/aromatic N) is 1. The number of amides is 1. The van der Waals surface area contributed by atoms with Gasteiger partial charge in [0.1, 0.15) is 5.58 Å². The van der Waals surface area contributed by atoms with Crippen LogP contribution in [0.2, 0.25) is 0 Å². The molecule has 1 fully saturated rings. The van der Waals surface area contributed by atoms with Gasteiger partial charge in [-0.05, 0) is 63.9 Å². The van der Waals surface area contributed by atoms with Crippen molar-refractivity contribution in [2.75, 3.05) is 26.7 Å². The Kier molecular flexibility index (Phi) is 5.07. The average Bonchev–Trinajstić information content (AvgIpc) is 2.89. The Morgan fingerprint density at radius 2 is 2.13 bits per heavy atom. The van der Waals surface area contributed by atoms with Crippen LogP contribution >= 0.6 is 15.9 Å². The van der Waals surface area contributed by atoms with E-state index >= 15 is 0 Å². The molecule has 2 heterocycles. The molecule has 1 aliphatic heterocycles. The fourth-order valence-electron chi connectivity index (χ4n) is 3.31. The zero-order valence-electron chi connectivity index (χ0n) is 13.7. The minimum atomic E-state index is 0.0295. The van der Waals surface area contributed by atoms with Crippen molar-refractivity contribution in [3.63, 3.8) is 0 Å². The van der Waals surface area contributed by atoms with Gasteiger partial charge in [0.15, 0.2) is 5.76 Å². The molecule has 1 aliphatic rings. The molecule has 0 unspecified atom stereocenters. The highest BCUT2D eigenvalue weighted by molar-refractivity contribution is 9.10. The van der Waals surface area contributed by atoms with Crippen molar-refractivity contribution in [2.24, 2.45) is 5.92 Å². The third kappa shape index (κ3) is 3.45. The Morgan fingerprint density at radius 1 is 1.39 bits per heavy atom. The van der Waals surface area contributed by atoms with Crippen molar-refractivity contribution < 1.29 is 9.21 Å². The van der Waals surface area contributed by atoms with Gasteiger partial charge in [-0.3, -0.25) is 4.79 Å². The summed E-state index contributed by atoms with van der Waals surface area (Å²) in [5.74, 6) is 1.24. The summed E-state index contributed by atoms with van der Waals surface area (Å²) >= 11 is 3.47. The lowest BCUT2D eigenvalue weighted by molar-refractivity contribution is 0.0656. The molecule has 1 saturated heterocycles. The number of benzene rings is 1. The molecule has 3 rings (SSSR count). The number of rotatable bonds is 4. The first-order chi connectivity index (χ1) is 11.1. The lowest BCUT2D eigenvalue weighted by atomic mass is 9.93. The molecule has 2 aromatic rings. The number of furan rings is 1. The first-order valence-electron chi connectivity index (χ1n) is 8.22. The molecule has 1 amide bonds. The van der Waals surface area contributed by atoms with Crippen LogP contribution in [-0.2, 0) is 0 Å². The van der Waals surface area contributed by atoms with E-state index in [9.17, 15) is 4.79 Å². The van der Waals surface area contributed by atoms with Gasteiger partial charge in [0.2, 0.25) is 0 Å². The summed E-state index contributed by atoms with van der Waals surface area (Å²) in [5, 5.41) is 4.21. The van der Waals surface area contributed by atoms with E-state index in [1.807, 2.05) is 37.1 Å². The van der Waals surface area contributed by atoms with Crippen molar-refractivity contribution in [1.29, 1.82) is 0 Å². The van der Waals surface area contributed by atoms with Crippen LogP contribution < -0.4 is 5.32 Å². The minimum Gasteiger partial charge on any atom is -0.451 e. The molecule has 1 N–H and O–H groups in total. The third-order valence-electron chi connectivity index (χ3n) is 4.80. The molecular weight excluding hydrogens is 356 g/mol. The van der Waals surface area contributed by atoms with Gasteiger partial charge in [-0.25, -0.2) is 0 Å². The number of fused-ring (bicyclic) bond motifs is 1. The maximum Gasteiger partial charge on any atom is 0.289 e. The fraction of sp³-hybridized carbons (Fsp3) is 0.500. The minimum absolute atomic E-state index is 0.0295. The molecule has 0 saturated carbocycles. The first-order valence-corrected chi connectivity index (χ1v) is 9.02. The SMILES string of the molecule is CNCCC1CCN(C(=O)c2oc3ccc(Br)cc3c2C)CC1. The number of piperidine rings is 1. The summed E-state index contributed by atoms with van der Waals surface area (Å²) < 4.78 is 6.84. The van der Waals surface area contributed by atoms with Crippen LogP contribution in [0.25, 0.3) is 11.0 Å². The smallest absolute Gasteiger partial charge is 0.289 e. The van der Waals surface area contributed by atoms with E-state index in [4.69, 9.17) is 4.42 Å². The van der Waals surface area contributed by atoms with E-state index in [0.717, 1.165) is 59.4 Å². The highest BCUT2D eigenvalue weighted by Crippen LogP contribution is 2.30. The number of carbonyl (C=O) groups is 1. The van der Waals surface area contributed by atoms with Crippen molar-refractivity contribution in [1.82, 2.24) is 10.2 Å². The molecule has 23 heavy (non-hydrogen) atoms. The van der Waals surface area contributed by atoms with E-state index in [2.05, 4.69) is 21.2 Å². The number of likely N-dealkylation sites (tertiary alicyclic amines) is 1. The number of aryl methyl sites for hydroxylation is 1. The second kappa shape index (κ2) is 7.05. The predicted octanol–water partition coefficient (Wildman–Crippen LogP) is 3.97. The van der Waals surface area contributed by atoms with E-state index in [-0.39, 0.29) is 5.91 Å². The second-order valence-electron chi connectivity index (χ2n) is 6.32. The topological polar surface area (TPSA) is 45.5 Å².